The molecule has 0 saturated carbocycles. The molecule has 6 rings (SSSR count). The molecule has 3 heterocycles. The highest BCUT2D eigenvalue weighted by Crippen LogP contribution is 2.50. The fourth-order valence-corrected chi connectivity index (χ4v) is 5.40. The molecule has 0 spiro atoms. The van der Waals surface area contributed by atoms with Crippen molar-refractivity contribution in [3.8, 4) is 17.2 Å². The van der Waals surface area contributed by atoms with Crippen molar-refractivity contribution in [2.24, 2.45) is 5.92 Å². The lowest BCUT2D eigenvalue weighted by molar-refractivity contribution is -0.136. The minimum Gasteiger partial charge on any atom is -0.362 e. The van der Waals surface area contributed by atoms with Crippen LogP contribution in [0.25, 0.3) is 22.0 Å². The predicted molar refractivity (Wildman–Crippen MR) is 125 cm³/mol. The van der Waals surface area contributed by atoms with E-state index < -0.39 is 18.0 Å². The van der Waals surface area contributed by atoms with Gasteiger partial charge in [0, 0.05) is 18.1 Å². The second-order valence-corrected chi connectivity index (χ2v) is 8.94. The maximum absolute atomic E-state index is 14.5. The molecule has 8 heteroatoms. The average Bonchev–Trinajstić information content (AvgIpc) is 3.27. The van der Waals surface area contributed by atoms with Gasteiger partial charge < -0.3 is 10.1 Å². The Hall–Kier alpha value is -3.83. The minimum absolute atomic E-state index is 0.0126. The molecule has 3 atom stereocenters. The summed E-state index contributed by atoms with van der Waals surface area (Å²) in [4.78, 5) is 0. The maximum Gasteiger partial charge on any atom is 0.417 e. The molecule has 1 fully saturated rings. The van der Waals surface area contributed by atoms with Gasteiger partial charge in [0.1, 0.15) is 17.4 Å². The summed E-state index contributed by atoms with van der Waals surface area (Å²) in [5, 5.41) is 17.9. The number of ether oxygens (including phenoxy) is 1. The Bertz CT molecular complexity index is 1440. The van der Waals surface area contributed by atoms with E-state index in [0.717, 1.165) is 24.5 Å². The Morgan fingerprint density at radius 2 is 1.77 bits per heavy atom. The molecule has 35 heavy (non-hydrogen) atoms. The number of nitrogens with zero attached hydrogens (tertiary/aromatic N) is 3. The van der Waals surface area contributed by atoms with Crippen molar-refractivity contribution in [3.05, 3.63) is 83.4 Å². The maximum atomic E-state index is 14.5. The summed E-state index contributed by atoms with van der Waals surface area (Å²) < 4.78 is 51.0. The van der Waals surface area contributed by atoms with Crippen LogP contribution >= 0.6 is 0 Å². The number of nitriles is 1. The first kappa shape index (κ1) is 21.7. The van der Waals surface area contributed by atoms with Crippen molar-refractivity contribution in [1.29, 1.82) is 5.26 Å². The van der Waals surface area contributed by atoms with Gasteiger partial charge in [0.25, 0.3) is 0 Å². The third-order valence-corrected chi connectivity index (χ3v) is 6.93. The van der Waals surface area contributed by atoms with E-state index >= 15 is 0 Å². The average molecular weight is 474 g/mol. The number of rotatable bonds is 2. The van der Waals surface area contributed by atoms with Crippen LogP contribution in [0.5, 0.6) is 0 Å². The molecule has 5 nitrogen and oxygen atoms in total. The summed E-state index contributed by atoms with van der Waals surface area (Å²) >= 11 is 0. The zero-order valence-electron chi connectivity index (χ0n) is 18.6. The number of nitrogens with one attached hydrogen (secondary N) is 1. The molecular formula is C27H21F3N4O. The van der Waals surface area contributed by atoms with Crippen LogP contribution in [-0.4, -0.2) is 16.4 Å². The molecule has 1 N–H and O–H groups in total. The molecule has 176 valence electrons. The molecule has 2 aliphatic rings. The zero-order valence-corrected chi connectivity index (χ0v) is 18.6. The summed E-state index contributed by atoms with van der Waals surface area (Å²) in [5.41, 5.74) is 1.05. The third-order valence-electron chi connectivity index (χ3n) is 6.93. The van der Waals surface area contributed by atoms with Gasteiger partial charge in [0.2, 0.25) is 0 Å². The van der Waals surface area contributed by atoms with Crippen LogP contribution in [0.3, 0.4) is 0 Å². The number of halogens is 3. The Morgan fingerprint density at radius 3 is 2.46 bits per heavy atom. The van der Waals surface area contributed by atoms with Crippen LogP contribution in [-0.2, 0) is 10.9 Å². The molecule has 3 aromatic carbocycles. The summed E-state index contributed by atoms with van der Waals surface area (Å²) in [7, 11) is 0. The smallest absolute Gasteiger partial charge is 0.362 e. The molecule has 0 amide bonds. The fraction of sp³-hybridized carbons (Fsp3) is 0.259. The topological polar surface area (TPSA) is 62.9 Å². The molecule has 0 bridgehead atoms. The first-order valence-corrected chi connectivity index (χ1v) is 11.5. The van der Waals surface area contributed by atoms with Crippen molar-refractivity contribution < 1.29 is 17.9 Å². The number of anilines is 1. The van der Waals surface area contributed by atoms with Gasteiger partial charge in [-0.2, -0.15) is 23.5 Å². The lowest BCUT2D eigenvalue weighted by Gasteiger charge is -2.42. The molecule has 4 aromatic rings. The van der Waals surface area contributed by atoms with E-state index in [0.29, 0.717) is 12.2 Å². The normalized spacial score (nSPS) is 21.6. The van der Waals surface area contributed by atoms with Gasteiger partial charge in [0.15, 0.2) is 6.23 Å². The number of aromatic nitrogens is 2. The Balaban J connectivity index is 1.65. The number of hydrogen-bond donors (Lipinski definition) is 1. The molecule has 1 aromatic heterocycles. The lowest BCUT2D eigenvalue weighted by atomic mass is 9.85. The van der Waals surface area contributed by atoms with Gasteiger partial charge in [-0.3, -0.25) is 0 Å². The SMILES string of the molecule is N#Cc1c(-c2ccccc2)cc(C(F)(F)F)c2c3n(nc12)[C@H]1OCCC[C@H]1C(c1ccccc1)N3. The Morgan fingerprint density at radius 1 is 1.06 bits per heavy atom. The first-order chi connectivity index (χ1) is 17.0. The summed E-state index contributed by atoms with van der Waals surface area (Å²) in [5.74, 6) is 0.224. The molecule has 1 unspecified atom stereocenters. The monoisotopic (exact) mass is 474 g/mol. The third kappa shape index (κ3) is 3.46. The number of alkyl halides is 3. The van der Waals surface area contributed by atoms with Crippen molar-refractivity contribution >= 4 is 16.7 Å². The number of benzene rings is 3. The molecule has 2 aliphatic heterocycles. The zero-order chi connectivity index (χ0) is 24.2. The largest absolute Gasteiger partial charge is 0.417 e. The van der Waals surface area contributed by atoms with Gasteiger partial charge in [-0.25, -0.2) is 4.68 Å². The lowest BCUT2D eigenvalue weighted by Crippen LogP contribution is -2.40. The standard InChI is InChI=1S/C27H21F3N4O/c28-27(29,30)21-14-19(16-8-3-1-4-9-16)20(15-31)24-22(21)25-32-23(17-10-5-2-6-11-17)18-12-7-13-35-26(18)34(25)33-24/h1-6,8-11,14,18,23,26,32H,7,12-13H2/t18-,23?,26-/m0/s1. The molecular weight excluding hydrogens is 453 g/mol. The Labute approximate surface area is 199 Å². The van der Waals surface area contributed by atoms with Crippen LogP contribution in [0.15, 0.2) is 66.7 Å². The van der Waals surface area contributed by atoms with Gasteiger partial charge in [-0.1, -0.05) is 60.7 Å². The highest BCUT2D eigenvalue weighted by molar-refractivity contribution is 6.01. The molecule has 0 radical (unpaired) electrons. The molecule has 0 aliphatic carbocycles. The quantitative estimate of drug-likeness (QED) is 0.352. The van der Waals surface area contributed by atoms with Crippen LogP contribution < -0.4 is 5.32 Å². The van der Waals surface area contributed by atoms with E-state index in [1.54, 1.807) is 30.3 Å². The highest BCUT2D eigenvalue weighted by Gasteiger charge is 2.44. The summed E-state index contributed by atoms with van der Waals surface area (Å²) in [6, 6.07) is 21.3. The van der Waals surface area contributed by atoms with E-state index in [-0.39, 0.29) is 39.8 Å². The van der Waals surface area contributed by atoms with Crippen molar-refractivity contribution in [1.82, 2.24) is 9.78 Å². The molecule has 1 saturated heterocycles. The summed E-state index contributed by atoms with van der Waals surface area (Å²) in [6.07, 6.45) is -3.46. The van der Waals surface area contributed by atoms with E-state index in [1.165, 1.54) is 4.68 Å². The van der Waals surface area contributed by atoms with Crippen molar-refractivity contribution in [3.63, 3.8) is 0 Å². The minimum atomic E-state index is -4.64. The van der Waals surface area contributed by atoms with E-state index in [1.807, 2.05) is 30.3 Å². The van der Waals surface area contributed by atoms with E-state index in [4.69, 9.17) is 4.74 Å². The van der Waals surface area contributed by atoms with Gasteiger partial charge >= 0.3 is 6.18 Å². The van der Waals surface area contributed by atoms with Crippen LogP contribution in [0, 0.1) is 17.2 Å². The second-order valence-electron chi connectivity index (χ2n) is 8.94. The van der Waals surface area contributed by atoms with E-state index in [9.17, 15) is 18.4 Å². The van der Waals surface area contributed by atoms with E-state index in [2.05, 4.69) is 16.5 Å². The van der Waals surface area contributed by atoms with Gasteiger partial charge in [0.05, 0.1) is 22.6 Å². The van der Waals surface area contributed by atoms with Crippen molar-refractivity contribution in [2.45, 2.75) is 31.3 Å². The predicted octanol–water partition coefficient (Wildman–Crippen LogP) is 6.69. The number of hydrogen-bond acceptors (Lipinski definition) is 4. The first-order valence-electron chi connectivity index (χ1n) is 11.5. The summed E-state index contributed by atoms with van der Waals surface area (Å²) in [6.45, 7) is 0.505. The Kier molecular flexibility index (Phi) is 5.04. The van der Waals surface area contributed by atoms with Gasteiger partial charge in [-0.15, -0.1) is 0 Å². The van der Waals surface area contributed by atoms with Gasteiger partial charge in [-0.05, 0) is 30.0 Å². The fourth-order valence-electron chi connectivity index (χ4n) is 5.40. The number of fused-ring (bicyclic) bond motifs is 5. The van der Waals surface area contributed by atoms with Crippen LogP contribution in [0.4, 0.5) is 19.0 Å². The van der Waals surface area contributed by atoms with Crippen molar-refractivity contribution in [2.75, 3.05) is 11.9 Å². The second kappa shape index (κ2) is 8.14. The van der Waals surface area contributed by atoms with Crippen LogP contribution in [0.2, 0.25) is 0 Å². The van der Waals surface area contributed by atoms with Crippen LogP contribution in [0.1, 0.15) is 41.8 Å². The highest BCUT2D eigenvalue weighted by atomic mass is 19.4.